The van der Waals surface area contributed by atoms with Gasteiger partial charge in [0.1, 0.15) is 0 Å². The number of carboxylic acid groups (broad SMARTS) is 1. The van der Waals surface area contributed by atoms with Crippen molar-refractivity contribution in [3.8, 4) is 11.5 Å². The van der Waals surface area contributed by atoms with Gasteiger partial charge in [-0.25, -0.2) is 0 Å². The average Bonchev–Trinajstić information content (AvgIpc) is 2.82. The number of anilines is 1. The van der Waals surface area contributed by atoms with Crippen molar-refractivity contribution in [1.29, 1.82) is 0 Å². The summed E-state index contributed by atoms with van der Waals surface area (Å²) < 4.78 is 10.5. The Balaban J connectivity index is 2.19. The molecule has 0 fully saturated rings. The van der Waals surface area contributed by atoms with Gasteiger partial charge in [0.05, 0.1) is 26.7 Å². The molecule has 2 atom stereocenters. The van der Waals surface area contributed by atoms with Crippen molar-refractivity contribution in [2.24, 2.45) is 17.6 Å². The lowest BCUT2D eigenvalue weighted by Crippen LogP contribution is -2.37. The van der Waals surface area contributed by atoms with Crippen LogP contribution in [-0.2, 0) is 14.4 Å². The van der Waals surface area contributed by atoms with Gasteiger partial charge in [-0.15, -0.1) is 0 Å². The number of hydrogen-bond acceptors (Lipinski definition) is 6. The molecule has 2 rings (SSSR count). The Morgan fingerprint density at radius 1 is 0.944 bits per heavy atom. The molecule has 0 bridgehead atoms. The topological polar surface area (TPSA) is 157 Å². The van der Waals surface area contributed by atoms with E-state index >= 15 is 0 Å². The van der Waals surface area contributed by atoms with Crippen LogP contribution in [-0.4, -0.2) is 43.0 Å². The average molecular weight is 500 g/mol. The molecule has 0 aromatic heterocycles. The molecule has 10 heteroatoms. The number of rotatable bonds is 13. The predicted octanol–water partition coefficient (Wildman–Crippen LogP) is 3.13. The minimum Gasteiger partial charge on any atom is -0.493 e. The summed E-state index contributed by atoms with van der Waals surface area (Å²) in [4.78, 5) is 48.7. The number of carbonyl (C=O) groups is 4. The van der Waals surface area contributed by atoms with Gasteiger partial charge in [-0.3, -0.25) is 19.2 Å². The Labute approximate surface area is 210 Å². The quantitative estimate of drug-likeness (QED) is 0.330. The van der Waals surface area contributed by atoms with Crippen LogP contribution >= 0.6 is 0 Å². The minimum atomic E-state index is -1.09. The summed E-state index contributed by atoms with van der Waals surface area (Å²) in [6.07, 6.45) is -0.0348. The fraction of sp³-hybridized carbons (Fsp3) is 0.385. The molecule has 10 nitrogen and oxygen atoms in total. The third-order valence-corrected chi connectivity index (χ3v) is 5.52. The van der Waals surface area contributed by atoms with Crippen LogP contribution in [0.5, 0.6) is 11.5 Å². The van der Waals surface area contributed by atoms with Crippen molar-refractivity contribution in [3.05, 3.63) is 53.6 Å². The molecule has 3 amide bonds. The number of primary amides is 1. The highest BCUT2D eigenvalue weighted by Crippen LogP contribution is 2.31. The van der Waals surface area contributed by atoms with Gasteiger partial charge in [-0.1, -0.05) is 19.9 Å². The van der Waals surface area contributed by atoms with E-state index in [2.05, 4.69) is 10.6 Å². The normalized spacial score (nSPS) is 12.4. The maximum absolute atomic E-state index is 13.2. The SMILES string of the molecule is COc1ccc([C@H](CC(=O)O)NC(=O)C(CC(=O)Nc2ccc(C(N)=O)cc2)CC(C)C)cc1OC. The number of benzene rings is 2. The van der Waals surface area contributed by atoms with Gasteiger partial charge >= 0.3 is 5.97 Å². The van der Waals surface area contributed by atoms with Gasteiger partial charge in [0, 0.05) is 23.6 Å². The zero-order valence-electron chi connectivity index (χ0n) is 20.9. The van der Waals surface area contributed by atoms with Gasteiger partial charge in [0.2, 0.25) is 17.7 Å². The summed E-state index contributed by atoms with van der Waals surface area (Å²) >= 11 is 0. The smallest absolute Gasteiger partial charge is 0.305 e. The van der Waals surface area contributed by atoms with Crippen LogP contribution in [0.15, 0.2) is 42.5 Å². The van der Waals surface area contributed by atoms with Crippen LogP contribution in [0.2, 0.25) is 0 Å². The summed E-state index contributed by atoms with van der Waals surface area (Å²) in [6, 6.07) is 10.2. The van der Waals surface area contributed by atoms with E-state index in [9.17, 15) is 24.3 Å². The van der Waals surface area contributed by atoms with E-state index in [0.717, 1.165) is 0 Å². The molecule has 0 heterocycles. The summed E-state index contributed by atoms with van der Waals surface area (Å²) in [5, 5.41) is 14.9. The van der Waals surface area contributed by atoms with Crippen LogP contribution in [0.1, 0.15) is 55.1 Å². The number of amides is 3. The Kier molecular flexibility index (Phi) is 10.3. The molecular weight excluding hydrogens is 466 g/mol. The van der Waals surface area contributed by atoms with Gasteiger partial charge in [0.15, 0.2) is 11.5 Å². The Hall–Kier alpha value is -4.08. The highest BCUT2D eigenvalue weighted by Gasteiger charge is 2.27. The standard InChI is InChI=1S/C26H33N3O7/c1-15(2)11-18(13-23(30)28-19-8-5-16(6-9-19)25(27)33)26(34)29-20(14-24(31)32)17-7-10-21(35-3)22(12-17)36-4/h5-10,12,15,18,20H,11,13-14H2,1-4H3,(H2,27,33)(H,28,30)(H,29,34)(H,31,32)/t18?,20-/m0/s1. The number of nitrogens with two attached hydrogens (primary N) is 1. The van der Waals surface area contributed by atoms with Crippen LogP contribution < -0.4 is 25.8 Å². The molecule has 0 aliphatic carbocycles. The Bertz CT molecular complexity index is 1080. The molecule has 0 radical (unpaired) electrons. The largest absolute Gasteiger partial charge is 0.493 e. The van der Waals surface area contributed by atoms with Crippen LogP contribution in [0, 0.1) is 11.8 Å². The van der Waals surface area contributed by atoms with Gasteiger partial charge in [-0.2, -0.15) is 0 Å². The highest BCUT2D eigenvalue weighted by atomic mass is 16.5. The number of aliphatic carboxylic acids is 1. The molecule has 0 aliphatic rings. The lowest BCUT2D eigenvalue weighted by Gasteiger charge is -2.24. The molecule has 1 unspecified atom stereocenters. The second-order valence-electron chi connectivity index (χ2n) is 8.79. The zero-order chi connectivity index (χ0) is 26.8. The lowest BCUT2D eigenvalue weighted by molar-refractivity contribution is -0.138. The Morgan fingerprint density at radius 3 is 2.11 bits per heavy atom. The summed E-state index contributed by atoms with van der Waals surface area (Å²) in [5.74, 6) is -2.18. The van der Waals surface area contributed by atoms with E-state index in [4.69, 9.17) is 15.2 Å². The maximum Gasteiger partial charge on any atom is 0.305 e. The number of nitrogens with one attached hydrogen (secondary N) is 2. The van der Waals surface area contributed by atoms with E-state index in [1.807, 2.05) is 13.8 Å². The summed E-state index contributed by atoms with van der Waals surface area (Å²) in [7, 11) is 2.95. The second-order valence-corrected chi connectivity index (χ2v) is 8.79. The molecule has 2 aromatic rings. The van der Waals surface area contributed by atoms with Gasteiger partial charge < -0.3 is 30.9 Å². The third-order valence-electron chi connectivity index (χ3n) is 5.52. The zero-order valence-corrected chi connectivity index (χ0v) is 20.9. The first-order valence-corrected chi connectivity index (χ1v) is 11.5. The number of hydrogen-bond donors (Lipinski definition) is 4. The van der Waals surface area contributed by atoms with Crippen LogP contribution in [0.3, 0.4) is 0 Å². The number of carboxylic acids is 1. The van der Waals surface area contributed by atoms with E-state index < -0.39 is 29.7 Å². The predicted molar refractivity (Wildman–Crippen MR) is 134 cm³/mol. The number of methoxy groups -OCH3 is 2. The lowest BCUT2D eigenvalue weighted by atomic mass is 9.92. The molecule has 2 aromatic carbocycles. The van der Waals surface area contributed by atoms with Crippen molar-refractivity contribution in [2.45, 2.75) is 39.2 Å². The Morgan fingerprint density at radius 2 is 1.58 bits per heavy atom. The molecule has 0 saturated carbocycles. The van der Waals surface area contributed by atoms with E-state index in [1.54, 1.807) is 30.3 Å². The van der Waals surface area contributed by atoms with E-state index in [0.29, 0.717) is 34.7 Å². The molecule has 0 saturated heterocycles. The first-order valence-electron chi connectivity index (χ1n) is 11.5. The minimum absolute atomic E-state index is 0.104. The van der Waals surface area contributed by atoms with Gasteiger partial charge in [0.25, 0.3) is 0 Å². The first-order chi connectivity index (χ1) is 17.0. The fourth-order valence-corrected chi connectivity index (χ4v) is 3.79. The van der Waals surface area contributed by atoms with Crippen LogP contribution in [0.25, 0.3) is 0 Å². The molecule has 0 aliphatic heterocycles. The fourth-order valence-electron chi connectivity index (χ4n) is 3.79. The molecule has 0 spiro atoms. The summed E-state index contributed by atoms with van der Waals surface area (Å²) in [6.45, 7) is 3.87. The van der Waals surface area contributed by atoms with Crippen LogP contribution in [0.4, 0.5) is 5.69 Å². The van der Waals surface area contributed by atoms with E-state index in [-0.39, 0.29) is 24.7 Å². The molecular formula is C26H33N3O7. The van der Waals surface area contributed by atoms with Crippen molar-refractivity contribution >= 4 is 29.4 Å². The summed E-state index contributed by atoms with van der Waals surface area (Å²) in [5.41, 5.74) is 6.54. The molecule has 5 N–H and O–H groups in total. The van der Waals surface area contributed by atoms with Crippen molar-refractivity contribution in [1.82, 2.24) is 5.32 Å². The van der Waals surface area contributed by atoms with Crippen molar-refractivity contribution in [2.75, 3.05) is 19.5 Å². The molecule has 36 heavy (non-hydrogen) atoms. The van der Waals surface area contributed by atoms with Crippen molar-refractivity contribution < 1.29 is 33.8 Å². The van der Waals surface area contributed by atoms with Gasteiger partial charge in [-0.05, 0) is 54.3 Å². The maximum atomic E-state index is 13.2. The highest BCUT2D eigenvalue weighted by molar-refractivity contribution is 5.96. The van der Waals surface area contributed by atoms with E-state index in [1.165, 1.54) is 26.4 Å². The second kappa shape index (κ2) is 13.1. The van der Waals surface area contributed by atoms with Crippen molar-refractivity contribution in [3.63, 3.8) is 0 Å². The number of ether oxygens (including phenoxy) is 2. The third kappa shape index (κ3) is 8.30. The number of carbonyl (C=O) groups excluding carboxylic acids is 3. The molecule has 194 valence electrons. The first kappa shape index (κ1) is 28.2. The monoisotopic (exact) mass is 499 g/mol.